The Bertz CT molecular complexity index is 793. The first-order chi connectivity index (χ1) is 11.2. The van der Waals surface area contributed by atoms with E-state index >= 15 is 0 Å². The van der Waals surface area contributed by atoms with Gasteiger partial charge in [-0.1, -0.05) is 48.5 Å². The van der Waals surface area contributed by atoms with Crippen molar-refractivity contribution in [3.8, 4) is 5.75 Å². The van der Waals surface area contributed by atoms with E-state index < -0.39 is 7.37 Å². The van der Waals surface area contributed by atoms with E-state index in [0.29, 0.717) is 35.2 Å². The molecular formula is C19H19O3P. The molecule has 3 rings (SSSR count). The second-order valence-electron chi connectivity index (χ2n) is 5.17. The van der Waals surface area contributed by atoms with E-state index in [-0.39, 0.29) is 0 Å². The zero-order chi connectivity index (χ0) is 16.3. The maximum absolute atomic E-state index is 13.8. The van der Waals surface area contributed by atoms with Crippen molar-refractivity contribution in [2.24, 2.45) is 0 Å². The number of rotatable bonds is 5. The fourth-order valence-corrected chi connectivity index (χ4v) is 5.18. The van der Waals surface area contributed by atoms with Gasteiger partial charge in [-0.3, -0.25) is 4.57 Å². The summed E-state index contributed by atoms with van der Waals surface area (Å²) in [6, 6.07) is 17.1. The Morgan fingerprint density at radius 1 is 1.13 bits per heavy atom. The van der Waals surface area contributed by atoms with Gasteiger partial charge in [-0.2, -0.15) is 0 Å². The van der Waals surface area contributed by atoms with Crippen molar-refractivity contribution >= 4 is 18.4 Å². The Morgan fingerprint density at radius 3 is 2.52 bits per heavy atom. The first-order valence-corrected chi connectivity index (χ1v) is 9.25. The molecule has 1 heterocycles. The minimum atomic E-state index is -3.17. The first-order valence-electron chi connectivity index (χ1n) is 7.62. The Hall–Kier alpha value is -2.09. The minimum Gasteiger partial charge on any atom is -0.455 e. The third-order valence-electron chi connectivity index (χ3n) is 3.70. The van der Waals surface area contributed by atoms with Crippen LogP contribution in [0.25, 0.3) is 5.76 Å². The molecule has 118 valence electrons. The lowest BCUT2D eigenvalue weighted by molar-refractivity contribution is 0.342. The number of hydrogen-bond acceptors (Lipinski definition) is 3. The molecule has 0 N–H and O–H groups in total. The Kier molecular flexibility index (Phi) is 4.51. The molecule has 0 bridgehead atoms. The molecule has 2 aromatic rings. The van der Waals surface area contributed by atoms with Gasteiger partial charge in [-0.15, -0.1) is 6.58 Å². The van der Waals surface area contributed by atoms with Crippen LogP contribution in [0.1, 0.15) is 18.9 Å². The van der Waals surface area contributed by atoms with Crippen LogP contribution in [0.2, 0.25) is 0 Å². The number of hydrogen-bond donors (Lipinski definition) is 0. The van der Waals surface area contributed by atoms with Gasteiger partial charge < -0.3 is 9.26 Å². The number of ether oxygens (including phenoxy) is 1. The standard InChI is InChI=1S/C19H19O3P/c1-3-10-18-19(15-11-6-5-7-12-15)22-16-13-8-9-14-17(16)23(18,20)21-4-2/h3,5-9,11-14H,1,4,10H2,2H3. The number of para-hydroxylation sites is 1. The van der Waals surface area contributed by atoms with Crippen molar-refractivity contribution in [1.29, 1.82) is 0 Å². The lowest BCUT2D eigenvalue weighted by Crippen LogP contribution is -2.20. The molecule has 0 amide bonds. The fourth-order valence-electron chi connectivity index (χ4n) is 2.73. The van der Waals surface area contributed by atoms with Crippen molar-refractivity contribution in [3.63, 3.8) is 0 Å². The summed E-state index contributed by atoms with van der Waals surface area (Å²) in [6.45, 7) is 6.02. The zero-order valence-electron chi connectivity index (χ0n) is 13.1. The Balaban J connectivity index is 2.26. The summed E-state index contributed by atoms with van der Waals surface area (Å²) in [5.41, 5.74) is 0.888. The monoisotopic (exact) mass is 326 g/mol. The quantitative estimate of drug-likeness (QED) is 0.575. The van der Waals surface area contributed by atoms with Gasteiger partial charge in [0.25, 0.3) is 7.37 Å². The van der Waals surface area contributed by atoms with Crippen LogP contribution in [-0.4, -0.2) is 6.61 Å². The molecule has 0 aromatic heterocycles. The predicted molar refractivity (Wildman–Crippen MR) is 94.1 cm³/mol. The molecule has 0 saturated heterocycles. The predicted octanol–water partition coefficient (Wildman–Crippen LogP) is 4.96. The van der Waals surface area contributed by atoms with E-state index in [0.717, 1.165) is 5.56 Å². The largest absolute Gasteiger partial charge is 0.455 e. The maximum Gasteiger partial charge on any atom is 0.265 e. The van der Waals surface area contributed by atoms with E-state index in [1.54, 1.807) is 6.08 Å². The van der Waals surface area contributed by atoms with Crippen LogP contribution in [-0.2, 0) is 9.09 Å². The van der Waals surface area contributed by atoms with Crippen LogP contribution in [0.3, 0.4) is 0 Å². The average molecular weight is 326 g/mol. The first kappa shape index (κ1) is 15.8. The smallest absolute Gasteiger partial charge is 0.265 e. The van der Waals surface area contributed by atoms with Gasteiger partial charge in [0.15, 0.2) is 0 Å². The summed E-state index contributed by atoms with van der Waals surface area (Å²) in [6.07, 6.45) is 2.19. The molecule has 2 aromatic carbocycles. The van der Waals surface area contributed by atoms with E-state index in [2.05, 4.69) is 6.58 Å². The van der Waals surface area contributed by atoms with Gasteiger partial charge in [-0.05, 0) is 25.5 Å². The molecule has 23 heavy (non-hydrogen) atoms. The van der Waals surface area contributed by atoms with Crippen molar-refractivity contribution in [1.82, 2.24) is 0 Å². The molecule has 1 aliphatic rings. The van der Waals surface area contributed by atoms with E-state index in [4.69, 9.17) is 9.26 Å². The van der Waals surface area contributed by atoms with Crippen LogP contribution in [0, 0.1) is 0 Å². The lowest BCUT2D eigenvalue weighted by atomic mass is 10.1. The van der Waals surface area contributed by atoms with Gasteiger partial charge in [0.05, 0.1) is 17.2 Å². The number of allylic oxidation sites excluding steroid dienone is 2. The van der Waals surface area contributed by atoms with Crippen molar-refractivity contribution in [2.45, 2.75) is 13.3 Å². The van der Waals surface area contributed by atoms with E-state index in [1.165, 1.54) is 0 Å². The van der Waals surface area contributed by atoms with E-state index in [1.807, 2.05) is 61.5 Å². The molecule has 0 spiro atoms. The number of benzene rings is 2. The van der Waals surface area contributed by atoms with Crippen LogP contribution in [0.4, 0.5) is 0 Å². The topological polar surface area (TPSA) is 35.5 Å². The van der Waals surface area contributed by atoms with Crippen LogP contribution in [0.15, 0.2) is 72.6 Å². The lowest BCUT2D eigenvalue weighted by Gasteiger charge is -2.30. The highest BCUT2D eigenvalue weighted by atomic mass is 31.2. The molecule has 1 aliphatic heterocycles. The molecule has 4 heteroatoms. The summed E-state index contributed by atoms with van der Waals surface area (Å²) < 4.78 is 25.6. The second kappa shape index (κ2) is 6.57. The van der Waals surface area contributed by atoms with Gasteiger partial charge in [0, 0.05) is 5.56 Å². The summed E-state index contributed by atoms with van der Waals surface area (Å²) >= 11 is 0. The molecule has 3 nitrogen and oxygen atoms in total. The number of fused-ring (bicyclic) bond motifs is 1. The average Bonchev–Trinajstić information content (AvgIpc) is 2.59. The molecule has 1 atom stereocenters. The molecule has 0 saturated carbocycles. The highest BCUT2D eigenvalue weighted by Crippen LogP contribution is 2.61. The Morgan fingerprint density at radius 2 is 1.83 bits per heavy atom. The third-order valence-corrected chi connectivity index (χ3v) is 6.42. The zero-order valence-corrected chi connectivity index (χ0v) is 14.0. The van der Waals surface area contributed by atoms with E-state index in [9.17, 15) is 4.57 Å². The summed E-state index contributed by atoms with van der Waals surface area (Å²) in [7, 11) is -3.17. The normalized spacial score (nSPS) is 19.9. The highest BCUT2D eigenvalue weighted by molar-refractivity contribution is 7.71. The van der Waals surface area contributed by atoms with Gasteiger partial charge in [-0.25, -0.2) is 0 Å². The van der Waals surface area contributed by atoms with Crippen molar-refractivity contribution in [2.75, 3.05) is 6.61 Å². The molecule has 0 fully saturated rings. The SMILES string of the molecule is C=CCC1=C(c2ccccc2)Oc2ccccc2P1(=O)OCC. The maximum atomic E-state index is 13.8. The molecule has 1 unspecified atom stereocenters. The van der Waals surface area contributed by atoms with Crippen LogP contribution < -0.4 is 10.0 Å². The van der Waals surface area contributed by atoms with Crippen LogP contribution in [0.5, 0.6) is 5.75 Å². The fraction of sp³-hybridized carbons (Fsp3) is 0.158. The summed E-state index contributed by atoms with van der Waals surface area (Å²) in [5.74, 6) is 1.21. The molecule has 0 radical (unpaired) electrons. The highest BCUT2D eigenvalue weighted by Gasteiger charge is 2.40. The van der Waals surface area contributed by atoms with Gasteiger partial charge in [0.2, 0.25) is 0 Å². The Labute approximate surface area is 136 Å². The molecule has 0 aliphatic carbocycles. The summed E-state index contributed by atoms with van der Waals surface area (Å²) in [5, 5.41) is 1.29. The van der Waals surface area contributed by atoms with Crippen molar-refractivity contribution < 1.29 is 13.8 Å². The summed E-state index contributed by atoms with van der Waals surface area (Å²) in [4.78, 5) is 0. The third kappa shape index (κ3) is 2.78. The van der Waals surface area contributed by atoms with Crippen LogP contribution >= 0.6 is 7.37 Å². The minimum absolute atomic E-state index is 0.369. The molecular weight excluding hydrogens is 307 g/mol. The van der Waals surface area contributed by atoms with Gasteiger partial charge in [0.1, 0.15) is 11.5 Å². The second-order valence-corrected chi connectivity index (χ2v) is 7.56. The van der Waals surface area contributed by atoms with Crippen molar-refractivity contribution in [3.05, 3.63) is 78.1 Å². The van der Waals surface area contributed by atoms with Gasteiger partial charge >= 0.3 is 0 Å².